The summed E-state index contributed by atoms with van der Waals surface area (Å²) in [5, 5.41) is 0. The molecule has 1 rings (SSSR count). The lowest BCUT2D eigenvalue weighted by molar-refractivity contribution is -0.115. The molecule has 0 radical (unpaired) electrons. The Morgan fingerprint density at radius 1 is 1.50 bits per heavy atom. The highest BCUT2D eigenvalue weighted by Crippen LogP contribution is 2.39. The largest absolute Gasteiger partial charge is 0.444 e. The molecule has 0 aliphatic heterocycles. The Morgan fingerprint density at radius 2 is 2.06 bits per heavy atom. The zero-order valence-corrected chi connectivity index (χ0v) is 11.7. The van der Waals surface area contributed by atoms with Crippen molar-refractivity contribution in [2.75, 3.05) is 14.1 Å². The maximum Gasteiger partial charge on any atom is 0.405 e. The van der Waals surface area contributed by atoms with Crippen LogP contribution in [0.3, 0.4) is 0 Å². The third-order valence-electron chi connectivity index (χ3n) is 3.42. The Hall–Kier alpha value is -1.10. The number of hydrogen-bond acceptors (Lipinski definition) is 4. The molecule has 0 aromatic rings. The van der Waals surface area contributed by atoms with E-state index >= 15 is 0 Å². The summed E-state index contributed by atoms with van der Waals surface area (Å²) in [4.78, 5) is 24.3. The predicted molar refractivity (Wildman–Crippen MR) is 69.1 cm³/mol. The first-order valence-electron chi connectivity index (χ1n) is 6.37. The van der Waals surface area contributed by atoms with Crippen LogP contribution in [0.1, 0.15) is 33.1 Å². The minimum atomic E-state index is -0.794. The Morgan fingerprint density at radius 3 is 2.39 bits per heavy atom. The maximum atomic E-state index is 11.3. The predicted octanol–water partition coefficient (Wildman–Crippen LogP) is 1.41. The minimum Gasteiger partial charge on any atom is -0.444 e. The number of amides is 1. The van der Waals surface area contributed by atoms with Crippen LogP contribution in [0.2, 0.25) is 0 Å². The molecule has 2 N–H and O–H groups in total. The highest BCUT2D eigenvalue weighted by Gasteiger charge is 2.40. The second-order valence-electron chi connectivity index (χ2n) is 5.98. The summed E-state index contributed by atoms with van der Waals surface area (Å²) in [6, 6.07) is 0.221. The lowest BCUT2D eigenvalue weighted by Crippen LogP contribution is -2.43. The summed E-state index contributed by atoms with van der Waals surface area (Å²) in [6.07, 6.45) is 3.03. The Labute approximate surface area is 109 Å². The molecule has 0 aromatic carbocycles. The van der Waals surface area contributed by atoms with E-state index < -0.39 is 11.7 Å². The summed E-state index contributed by atoms with van der Waals surface area (Å²) in [5.74, 6) is 0.446. The number of hydrogen-bond donors (Lipinski definition) is 1. The van der Waals surface area contributed by atoms with E-state index in [0.29, 0.717) is 12.3 Å². The second kappa shape index (κ2) is 5.69. The molecular weight excluding hydrogens is 232 g/mol. The van der Waals surface area contributed by atoms with Crippen molar-refractivity contribution in [1.29, 1.82) is 0 Å². The van der Waals surface area contributed by atoms with E-state index in [-0.39, 0.29) is 12.0 Å². The zero-order valence-electron chi connectivity index (χ0n) is 11.7. The van der Waals surface area contributed by atoms with E-state index in [4.69, 9.17) is 10.5 Å². The van der Waals surface area contributed by atoms with E-state index in [0.717, 1.165) is 6.29 Å². The van der Waals surface area contributed by atoms with Crippen LogP contribution in [0.25, 0.3) is 0 Å². The van der Waals surface area contributed by atoms with Gasteiger partial charge >= 0.3 is 6.09 Å². The van der Waals surface area contributed by atoms with Gasteiger partial charge < -0.3 is 20.2 Å². The zero-order chi connectivity index (χ0) is 13.9. The fraction of sp³-hybridized carbons (Fsp3) is 0.846. The van der Waals surface area contributed by atoms with Crippen molar-refractivity contribution in [2.45, 2.75) is 44.8 Å². The fourth-order valence-corrected chi connectivity index (χ4v) is 2.72. The number of nitrogens with zero attached hydrogens (tertiary/aromatic N) is 1. The van der Waals surface area contributed by atoms with E-state index in [1.807, 2.05) is 14.1 Å². The van der Waals surface area contributed by atoms with Gasteiger partial charge in [-0.3, -0.25) is 0 Å². The SMILES string of the molecule is CN(C)C(C(C=O)CC(C)(C)OC(N)=O)C1CC1. The molecule has 5 heteroatoms. The first-order chi connectivity index (χ1) is 8.26. The van der Waals surface area contributed by atoms with E-state index in [9.17, 15) is 9.59 Å². The quantitative estimate of drug-likeness (QED) is 0.699. The molecule has 2 atom stereocenters. The van der Waals surface area contributed by atoms with Crippen LogP contribution in [0.15, 0.2) is 0 Å². The normalized spacial score (nSPS) is 19.4. The second-order valence-corrected chi connectivity index (χ2v) is 5.98. The van der Waals surface area contributed by atoms with Crippen molar-refractivity contribution in [1.82, 2.24) is 4.90 Å². The molecule has 0 bridgehead atoms. The third kappa shape index (κ3) is 4.29. The van der Waals surface area contributed by atoms with Gasteiger partial charge in [0.15, 0.2) is 0 Å². The van der Waals surface area contributed by atoms with Gasteiger partial charge in [-0.15, -0.1) is 0 Å². The molecule has 0 aromatic heterocycles. The smallest absolute Gasteiger partial charge is 0.405 e. The van der Waals surface area contributed by atoms with E-state index in [2.05, 4.69) is 4.90 Å². The van der Waals surface area contributed by atoms with Crippen molar-refractivity contribution in [3.8, 4) is 0 Å². The van der Waals surface area contributed by atoms with Crippen LogP contribution in [-0.2, 0) is 9.53 Å². The number of carbonyl (C=O) groups is 2. The average Bonchev–Trinajstić information content (AvgIpc) is 2.97. The van der Waals surface area contributed by atoms with E-state index in [1.54, 1.807) is 13.8 Å². The molecule has 1 saturated carbocycles. The monoisotopic (exact) mass is 256 g/mol. The average molecular weight is 256 g/mol. The van der Waals surface area contributed by atoms with Gasteiger partial charge in [0.1, 0.15) is 11.9 Å². The molecule has 1 fully saturated rings. The molecule has 104 valence electrons. The van der Waals surface area contributed by atoms with Crippen molar-refractivity contribution in [2.24, 2.45) is 17.6 Å². The van der Waals surface area contributed by atoms with Gasteiger partial charge in [0.2, 0.25) is 0 Å². The van der Waals surface area contributed by atoms with Crippen molar-refractivity contribution >= 4 is 12.4 Å². The van der Waals surface area contributed by atoms with Crippen molar-refractivity contribution in [3.05, 3.63) is 0 Å². The third-order valence-corrected chi connectivity index (χ3v) is 3.42. The van der Waals surface area contributed by atoms with Gasteiger partial charge in [-0.25, -0.2) is 4.79 Å². The topological polar surface area (TPSA) is 72.6 Å². The molecule has 0 heterocycles. The molecule has 1 aliphatic rings. The van der Waals surface area contributed by atoms with Gasteiger partial charge in [0.25, 0.3) is 0 Å². The van der Waals surface area contributed by atoms with Gasteiger partial charge in [0.05, 0.1) is 0 Å². The summed E-state index contributed by atoms with van der Waals surface area (Å²) in [5.41, 5.74) is 4.34. The molecule has 18 heavy (non-hydrogen) atoms. The van der Waals surface area contributed by atoms with E-state index in [1.165, 1.54) is 12.8 Å². The summed E-state index contributed by atoms with van der Waals surface area (Å²) >= 11 is 0. The molecule has 5 nitrogen and oxygen atoms in total. The standard InChI is InChI=1S/C13H24N2O3/c1-13(2,18-12(14)17)7-10(8-16)11(15(3)4)9-5-6-9/h8-11H,5-7H2,1-4H3,(H2,14,17). The fourth-order valence-electron chi connectivity index (χ4n) is 2.72. The van der Waals surface area contributed by atoms with Crippen LogP contribution < -0.4 is 5.73 Å². The first kappa shape index (κ1) is 15.0. The number of primary amides is 1. The highest BCUT2D eigenvalue weighted by atomic mass is 16.6. The Kier molecular flexibility index (Phi) is 4.73. The molecule has 0 spiro atoms. The van der Waals surface area contributed by atoms with Crippen LogP contribution in [0.5, 0.6) is 0 Å². The molecule has 0 saturated heterocycles. The number of carbonyl (C=O) groups excluding carboxylic acids is 2. The lowest BCUT2D eigenvalue weighted by atomic mass is 9.86. The van der Waals surface area contributed by atoms with Gasteiger partial charge in [-0.05, 0) is 53.1 Å². The highest BCUT2D eigenvalue weighted by molar-refractivity contribution is 5.65. The minimum absolute atomic E-state index is 0.137. The van der Waals surface area contributed by atoms with Gasteiger partial charge in [-0.1, -0.05) is 0 Å². The Balaban J connectivity index is 2.70. The maximum absolute atomic E-state index is 11.3. The van der Waals surface area contributed by atoms with Gasteiger partial charge in [-0.2, -0.15) is 0 Å². The van der Waals surface area contributed by atoms with Crippen LogP contribution in [-0.4, -0.2) is 43.0 Å². The van der Waals surface area contributed by atoms with Crippen molar-refractivity contribution in [3.63, 3.8) is 0 Å². The number of ether oxygens (including phenoxy) is 1. The lowest BCUT2D eigenvalue weighted by Gasteiger charge is -2.34. The van der Waals surface area contributed by atoms with Crippen LogP contribution in [0.4, 0.5) is 4.79 Å². The number of aldehydes is 1. The molecule has 1 amide bonds. The summed E-state index contributed by atoms with van der Waals surface area (Å²) in [6.45, 7) is 3.57. The Bertz CT molecular complexity index is 309. The first-order valence-corrected chi connectivity index (χ1v) is 6.37. The molecule has 2 unspecified atom stereocenters. The van der Waals surface area contributed by atoms with Crippen LogP contribution in [0, 0.1) is 11.8 Å². The number of nitrogens with two attached hydrogens (primary N) is 1. The van der Waals surface area contributed by atoms with Gasteiger partial charge in [0, 0.05) is 12.0 Å². The van der Waals surface area contributed by atoms with Crippen LogP contribution >= 0.6 is 0 Å². The summed E-state index contributed by atoms with van der Waals surface area (Å²) in [7, 11) is 3.98. The molecular formula is C13H24N2O3. The molecule has 1 aliphatic carbocycles. The van der Waals surface area contributed by atoms with Crippen molar-refractivity contribution < 1.29 is 14.3 Å². The summed E-state index contributed by atoms with van der Waals surface area (Å²) < 4.78 is 5.06. The number of rotatable bonds is 7.